The molecule has 1 aromatic carbocycles. The van der Waals surface area contributed by atoms with E-state index >= 15 is 0 Å². The van der Waals surface area contributed by atoms with E-state index in [4.69, 9.17) is 0 Å². The average molecular weight is 274 g/mol. The largest absolute Gasteiger partial charge is 0.315 e. The quantitative estimate of drug-likeness (QED) is 0.819. The zero-order valence-corrected chi connectivity index (χ0v) is 13.4. The molecule has 2 heteroatoms. The first-order chi connectivity index (χ1) is 9.76. The Kier molecular flexibility index (Phi) is 5.62. The Morgan fingerprint density at radius 1 is 1.10 bits per heavy atom. The Morgan fingerprint density at radius 2 is 1.70 bits per heavy atom. The number of nitrogens with one attached hydrogen (secondary N) is 1. The molecule has 0 bridgehead atoms. The van der Waals surface area contributed by atoms with Crippen LogP contribution in [0.1, 0.15) is 45.1 Å². The maximum Gasteiger partial charge on any atom is 0.0365 e. The smallest absolute Gasteiger partial charge is 0.0365 e. The van der Waals surface area contributed by atoms with Gasteiger partial charge in [-0.2, -0.15) is 0 Å². The van der Waals surface area contributed by atoms with E-state index in [1.54, 1.807) is 0 Å². The van der Waals surface area contributed by atoms with Crippen LogP contribution in [0.2, 0.25) is 0 Å². The van der Waals surface area contributed by atoms with Crippen molar-refractivity contribution in [1.82, 2.24) is 10.2 Å². The van der Waals surface area contributed by atoms with Gasteiger partial charge in [0.1, 0.15) is 0 Å². The summed E-state index contributed by atoms with van der Waals surface area (Å²) < 4.78 is 0. The predicted octanol–water partition coefficient (Wildman–Crippen LogP) is 3.47. The van der Waals surface area contributed by atoms with E-state index in [-0.39, 0.29) is 0 Å². The van der Waals surface area contributed by atoms with E-state index in [2.05, 4.69) is 61.4 Å². The number of hydrogen-bond acceptors (Lipinski definition) is 2. The van der Waals surface area contributed by atoms with Gasteiger partial charge in [0.15, 0.2) is 0 Å². The molecule has 0 saturated heterocycles. The van der Waals surface area contributed by atoms with Crippen LogP contribution in [0.4, 0.5) is 0 Å². The first kappa shape index (κ1) is 15.5. The Bertz CT molecular complexity index is 378. The minimum atomic E-state index is 0.355. The van der Waals surface area contributed by atoms with Crippen molar-refractivity contribution in [3.8, 4) is 0 Å². The lowest BCUT2D eigenvalue weighted by molar-refractivity contribution is 0.0658. The maximum absolute atomic E-state index is 3.64. The van der Waals surface area contributed by atoms with Crippen molar-refractivity contribution in [3.63, 3.8) is 0 Å². The highest BCUT2D eigenvalue weighted by Crippen LogP contribution is 2.39. The molecule has 1 aromatic rings. The van der Waals surface area contributed by atoms with Gasteiger partial charge in [-0.05, 0) is 45.0 Å². The molecule has 1 aliphatic rings. The molecule has 1 fully saturated rings. The van der Waals surface area contributed by atoms with E-state index in [9.17, 15) is 0 Å². The highest BCUT2D eigenvalue weighted by atomic mass is 15.2. The zero-order chi connectivity index (χ0) is 14.4. The average Bonchev–Trinajstić information content (AvgIpc) is 2.97. The molecular weight excluding hydrogens is 244 g/mol. The normalized spacial score (nSPS) is 19.4. The Hall–Kier alpha value is -0.860. The molecule has 0 aromatic heterocycles. The SMILES string of the molecule is CCN(CC)C1(C(Cc2ccccc2)NC)CCCC1. The fraction of sp³-hybridized carbons (Fsp3) is 0.667. The van der Waals surface area contributed by atoms with Gasteiger partial charge in [-0.15, -0.1) is 0 Å². The summed E-state index contributed by atoms with van der Waals surface area (Å²) in [5.74, 6) is 0. The second kappa shape index (κ2) is 7.24. The third-order valence-corrected chi connectivity index (χ3v) is 5.14. The van der Waals surface area contributed by atoms with Crippen LogP contribution in [0.5, 0.6) is 0 Å². The van der Waals surface area contributed by atoms with Crippen LogP contribution in [0.25, 0.3) is 0 Å². The van der Waals surface area contributed by atoms with Crippen molar-refractivity contribution in [1.29, 1.82) is 0 Å². The van der Waals surface area contributed by atoms with Crippen molar-refractivity contribution in [3.05, 3.63) is 35.9 Å². The van der Waals surface area contributed by atoms with Gasteiger partial charge in [-0.25, -0.2) is 0 Å². The van der Waals surface area contributed by atoms with E-state index in [1.165, 1.54) is 31.2 Å². The molecule has 2 rings (SSSR count). The van der Waals surface area contributed by atoms with Crippen LogP contribution in [0.15, 0.2) is 30.3 Å². The lowest BCUT2D eigenvalue weighted by Gasteiger charge is -2.46. The fourth-order valence-electron chi connectivity index (χ4n) is 4.14. The highest BCUT2D eigenvalue weighted by Gasteiger charge is 2.44. The van der Waals surface area contributed by atoms with Gasteiger partial charge in [0.25, 0.3) is 0 Å². The lowest BCUT2D eigenvalue weighted by Crippen LogP contribution is -2.60. The van der Waals surface area contributed by atoms with E-state index in [1.807, 2.05) is 0 Å². The Labute approximate surface area is 124 Å². The maximum atomic E-state index is 3.64. The zero-order valence-electron chi connectivity index (χ0n) is 13.4. The summed E-state index contributed by atoms with van der Waals surface area (Å²) in [6, 6.07) is 11.5. The van der Waals surface area contributed by atoms with Gasteiger partial charge < -0.3 is 5.32 Å². The molecule has 2 nitrogen and oxygen atoms in total. The highest BCUT2D eigenvalue weighted by molar-refractivity contribution is 5.18. The van der Waals surface area contributed by atoms with Crippen LogP contribution in [0, 0.1) is 0 Å². The molecule has 20 heavy (non-hydrogen) atoms. The van der Waals surface area contributed by atoms with Crippen LogP contribution in [-0.4, -0.2) is 36.6 Å². The van der Waals surface area contributed by atoms with Gasteiger partial charge in [-0.1, -0.05) is 57.0 Å². The van der Waals surface area contributed by atoms with Crippen molar-refractivity contribution >= 4 is 0 Å². The van der Waals surface area contributed by atoms with Crippen LogP contribution in [0.3, 0.4) is 0 Å². The molecule has 0 spiro atoms. The van der Waals surface area contributed by atoms with E-state index in [0.29, 0.717) is 11.6 Å². The minimum Gasteiger partial charge on any atom is -0.315 e. The van der Waals surface area contributed by atoms with E-state index in [0.717, 1.165) is 19.5 Å². The molecule has 1 aliphatic carbocycles. The Morgan fingerprint density at radius 3 is 2.20 bits per heavy atom. The summed E-state index contributed by atoms with van der Waals surface area (Å²) in [5.41, 5.74) is 1.80. The molecular formula is C18H30N2. The summed E-state index contributed by atoms with van der Waals surface area (Å²) in [7, 11) is 2.14. The Balaban J connectivity index is 2.21. The lowest BCUT2D eigenvalue weighted by atomic mass is 9.82. The number of likely N-dealkylation sites (N-methyl/N-ethyl adjacent to an activating group) is 2. The predicted molar refractivity (Wildman–Crippen MR) is 87.1 cm³/mol. The minimum absolute atomic E-state index is 0.355. The second-order valence-electron chi connectivity index (χ2n) is 6.01. The summed E-state index contributed by atoms with van der Waals surface area (Å²) in [6.07, 6.45) is 6.57. The van der Waals surface area contributed by atoms with Crippen molar-refractivity contribution in [2.45, 2.75) is 57.5 Å². The van der Waals surface area contributed by atoms with Gasteiger partial charge >= 0.3 is 0 Å². The van der Waals surface area contributed by atoms with Crippen LogP contribution < -0.4 is 5.32 Å². The summed E-state index contributed by atoms with van der Waals surface area (Å²) >= 11 is 0. The standard InChI is InChI=1S/C18H30N2/c1-4-20(5-2)18(13-9-10-14-18)17(19-3)15-16-11-7-6-8-12-16/h6-8,11-12,17,19H,4-5,9-10,13-15H2,1-3H3. The third-order valence-electron chi connectivity index (χ3n) is 5.14. The molecule has 112 valence electrons. The molecule has 0 radical (unpaired) electrons. The number of hydrogen-bond donors (Lipinski definition) is 1. The summed E-state index contributed by atoms with van der Waals surface area (Å²) in [6.45, 7) is 6.92. The molecule has 1 unspecified atom stereocenters. The van der Waals surface area contributed by atoms with Crippen molar-refractivity contribution in [2.24, 2.45) is 0 Å². The number of benzene rings is 1. The van der Waals surface area contributed by atoms with Gasteiger partial charge in [0, 0.05) is 11.6 Å². The first-order valence-corrected chi connectivity index (χ1v) is 8.23. The molecule has 0 aliphatic heterocycles. The van der Waals surface area contributed by atoms with Crippen LogP contribution in [-0.2, 0) is 6.42 Å². The van der Waals surface area contributed by atoms with Crippen LogP contribution >= 0.6 is 0 Å². The monoisotopic (exact) mass is 274 g/mol. The van der Waals surface area contributed by atoms with Crippen molar-refractivity contribution in [2.75, 3.05) is 20.1 Å². The number of nitrogens with zero attached hydrogens (tertiary/aromatic N) is 1. The fourth-order valence-corrected chi connectivity index (χ4v) is 4.14. The number of rotatable bonds is 7. The second-order valence-corrected chi connectivity index (χ2v) is 6.01. The van der Waals surface area contributed by atoms with Gasteiger partial charge in [-0.3, -0.25) is 4.90 Å². The molecule has 1 N–H and O–H groups in total. The van der Waals surface area contributed by atoms with Crippen molar-refractivity contribution < 1.29 is 0 Å². The first-order valence-electron chi connectivity index (χ1n) is 8.23. The summed E-state index contributed by atoms with van der Waals surface area (Å²) in [5, 5.41) is 3.64. The van der Waals surface area contributed by atoms with Gasteiger partial charge in [0.05, 0.1) is 0 Å². The third kappa shape index (κ3) is 3.07. The molecule has 1 atom stereocenters. The van der Waals surface area contributed by atoms with E-state index < -0.39 is 0 Å². The molecule has 0 amide bonds. The topological polar surface area (TPSA) is 15.3 Å². The summed E-state index contributed by atoms with van der Waals surface area (Å²) in [4.78, 5) is 2.70. The van der Waals surface area contributed by atoms with Gasteiger partial charge in [0.2, 0.25) is 0 Å². The molecule has 1 saturated carbocycles. The molecule has 0 heterocycles.